The first-order valence-electron chi connectivity index (χ1n) is 7.48. The lowest BCUT2D eigenvalue weighted by atomic mass is 10.0. The first-order valence-corrected chi connectivity index (χ1v) is 8.29. The Morgan fingerprint density at radius 2 is 2.23 bits per heavy atom. The number of hydrogen-bond donors (Lipinski definition) is 1. The van der Waals surface area contributed by atoms with Crippen LogP contribution in [0.15, 0.2) is 24.3 Å². The monoisotopic (exact) mass is 317 g/mol. The van der Waals surface area contributed by atoms with Crippen molar-refractivity contribution in [2.24, 2.45) is 0 Å². The van der Waals surface area contributed by atoms with E-state index >= 15 is 0 Å². The third-order valence-electron chi connectivity index (χ3n) is 3.51. The lowest BCUT2D eigenvalue weighted by Crippen LogP contribution is -2.20. The summed E-state index contributed by atoms with van der Waals surface area (Å²) in [4.78, 5) is 11.9. The highest BCUT2D eigenvalue weighted by Gasteiger charge is 2.27. The molecule has 0 spiro atoms. The third kappa shape index (κ3) is 3.82. The summed E-state index contributed by atoms with van der Waals surface area (Å²) < 4.78 is 5.54. The number of amides is 1. The van der Waals surface area contributed by atoms with E-state index in [1.54, 1.807) is 0 Å². The Hall–Kier alpha value is -1.95. The Balaban J connectivity index is 1.52. The standard InChI is InChI=1S/C16H19N3O2S/c1-10(2)12-4-3-5-13(8-12)21-9-14(20)17-16-19-18-15(22-16)11-6-7-11/h3-5,8,10-11H,6-7,9H2,1-2H3,(H,17,19,20). The topological polar surface area (TPSA) is 64.1 Å². The molecule has 1 saturated carbocycles. The number of nitrogens with one attached hydrogen (secondary N) is 1. The van der Waals surface area contributed by atoms with Crippen LogP contribution >= 0.6 is 11.3 Å². The number of rotatable bonds is 6. The maximum Gasteiger partial charge on any atom is 0.264 e. The lowest BCUT2D eigenvalue weighted by Gasteiger charge is -2.09. The van der Waals surface area contributed by atoms with Crippen LogP contribution in [0.4, 0.5) is 5.13 Å². The van der Waals surface area contributed by atoms with Crippen LogP contribution in [0.3, 0.4) is 0 Å². The second kappa shape index (κ2) is 6.44. The van der Waals surface area contributed by atoms with Crippen LogP contribution in [0.5, 0.6) is 5.75 Å². The Morgan fingerprint density at radius 1 is 1.41 bits per heavy atom. The van der Waals surface area contributed by atoms with Gasteiger partial charge in [0.2, 0.25) is 5.13 Å². The van der Waals surface area contributed by atoms with Crippen LogP contribution in [0.1, 0.15) is 49.1 Å². The van der Waals surface area contributed by atoms with Gasteiger partial charge in [-0.25, -0.2) is 0 Å². The van der Waals surface area contributed by atoms with E-state index in [0.717, 1.165) is 5.01 Å². The van der Waals surface area contributed by atoms with Gasteiger partial charge in [-0.3, -0.25) is 10.1 Å². The molecule has 1 aliphatic carbocycles. The number of anilines is 1. The Morgan fingerprint density at radius 3 is 2.95 bits per heavy atom. The zero-order valence-corrected chi connectivity index (χ0v) is 13.5. The van der Waals surface area contributed by atoms with Gasteiger partial charge < -0.3 is 4.74 Å². The molecule has 1 aliphatic rings. The van der Waals surface area contributed by atoms with E-state index in [2.05, 4.69) is 35.4 Å². The van der Waals surface area contributed by atoms with Gasteiger partial charge in [-0.05, 0) is 36.5 Å². The van der Waals surface area contributed by atoms with Crippen molar-refractivity contribution in [3.8, 4) is 5.75 Å². The Bertz CT molecular complexity index is 665. The summed E-state index contributed by atoms with van der Waals surface area (Å²) in [6.45, 7) is 4.22. The predicted molar refractivity (Wildman–Crippen MR) is 86.5 cm³/mol. The van der Waals surface area contributed by atoms with Crippen LogP contribution in [0.25, 0.3) is 0 Å². The minimum Gasteiger partial charge on any atom is -0.484 e. The fraction of sp³-hybridized carbons (Fsp3) is 0.438. The SMILES string of the molecule is CC(C)c1cccc(OCC(=O)Nc2nnc(C3CC3)s2)c1. The number of hydrogen-bond acceptors (Lipinski definition) is 5. The van der Waals surface area contributed by atoms with E-state index in [-0.39, 0.29) is 12.5 Å². The smallest absolute Gasteiger partial charge is 0.264 e. The van der Waals surface area contributed by atoms with Crippen molar-refractivity contribution in [2.75, 3.05) is 11.9 Å². The maximum absolute atomic E-state index is 11.9. The number of benzene rings is 1. The van der Waals surface area contributed by atoms with Gasteiger partial charge in [0, 0.05) is 5.92 Å². The van der Waals surface area contributed by atoms with E-state index < -0.39 is 0 Å². The highest BCUT2D eigenvalue weighted by Crippen LogP contribution is 2.42. The van der Waals surface area contributed by atoms with E-state index in [9.17, 15) is 4.79 Å². The molecule has 22 heavy (non-hydrogen) atoms. The molecule has 2 aromatic rings. The van der Waals surface area contributed by atoms with E-state index in [4.69, 9.17) is 4.74 Å². The van der Waals surface area contributed by atoms with E-state index in [1.165, 1.54) is 29.7 Å². The van der Waals surface area contributed by atoms with Gasteiger partial charge in [-0.15, -0.1) is 10.2 Å². The summed E-state index contributed by atoms with van der Waals surface area (Å²) in [6.07, 6.45) is 2.36. The van der Waals surface area contributed by atoms with E-state index in [1.807, 2.05) is 18.2 Å². The number of nitrogens with zero attached hydrogens (tertiary/aromatic N) is 2. The molecule has 6 heteroatoms. The molecule has 3 rings (SSSR count). The third-order valence-corrected chi connectivity index (χ3v) is 4.51. The summed E-state index contributed by atoms with van der Waals surface area (Å²) in [5.41, 5.74) is 1.19. The van der Waals surface area contributed by atoms with Crippen molar-refractivity contribution in [2.45, 2.75) is 38.5 Å². The quantitative estimate of drug-likeness (QED) is 0.885. The van der Waals surface area contributed by atoms with Gasteiger partial charge in [-0.1, -0.05) is 37.3 Å². The molecule has 5 nitrogen and oxygen atoms in total. The van der Waals surface area contributed by atoms with Crippen molar-refractivity contribution in [1.29, 1.82) is 0 Å². The zero-order valence-electron chi connectivity index (χ0n) is 12.7. The minimum atomic E-state index is -0.214. The number of aromatic nitrogens is 2. The molecule has 0 radical (unpaired) electrons. The number of ether oxygens (including phenoxy) is 1. The van der Waals surface area contributed by atoms with Crippen molar-refractivity contribution in [3.05, 3.63) is 34.8 Å². The molecule has 0 atom stereocenters. The molecular formula is C16H19N3O2S. The van der Waals surface area contributed by atoms with E-state index in [0.29, 0.717) is 22.7 Å². The lowest BCUT2D eigenvalue weighted by molar-refractivity contribution is -0.118. The van der Waals surface area contributed by atoms with Crippen LogP contribution in [-0.2, 0) is 4.79 Å². The van der Waals surface area contributed by atoms with Gasteiger partial charge in [0.15, 0.2) is 6.61 Å². The second-order valence-electron chi connectivity index (χ2n) is 5.78. The van der Waals surface area contributed by atoms with Crippen LogP contribution in [0.2, 0.25) is 0 Å². The average Bonchev–Trinajstić information content (AvgIpc) is 3.26. The molecular weight excluding hydrogens is 298 g/mol. The molecule has 0 aliphatic heterocycles. The largest absolute Gasteiger partial charge is 0.484 e. The zero-order chi connectivity index (χ0) is 15.5. The molecule has 1 heterocycles. The van der Waals surface area contributed by atoms with Crippen molar-refractivity contribution < 1.29 is 9.53 Å². The Kier molecular flexibility index (Phi) is 4.38. The first kappa shape index (κ1) is 15.0. The highest BCUT2D eigenvalue weighted by atomic mass is 32.1. The fourth-order valence-electron chi connectivity index (χ4n) is 2.05. The molecule has 0 unspecified atom stereocenters. The van der Waals surface area contributed by atoms with Gasteiger partial charge >= 0.3 is 0 Å². The van der Waals surface area contributed by atoms with Gasteiger partial charge in [0.25, 0.3) is 5.91 Å². The maximum atomic E-state index is 11.9. The summed E-state index contributed by atoms with van der Waals surface area (Å²) >= 11 is 1.45. The van der Waals surface area contributed by atoms with Gasteiger partial charge in [0.05, 0.1) is 0 Å². The fourth-order valence-corrected chi connectivity index (χ4v) is 2.98. The molecule has 1 amide bonds. The summed E-state index contributed by atoms with van der Waals surface area (Å²) in [6, 6.07) is 7.82. The van der Waals surface area contributed by atoms with Gasteiger partial charge in [-0.2, -0.15) is 0 Å². The summed E-state index contributed by atoms with van der Waals surface area (Å²) in [7, 11) is 0. The van der Waals surface area contributed by atoms with Crippen LogP contribution in [-0.4, -0.2) is 22.7 Å². The number of carbonyl (C=O) groups is 1. The van der Waals surface area contributed by atoms with Crippen LogP contribution in [0, 0.1) is 0 Å². The summed E-state index contributed by atoms with van der Waals surface area (Å²) in [5, 5.41) is 12.4. The predicted octanol–water partition coefficient (Wildman–Crippen LogP) is 3.56. The molecule has 1 fully saturated rings. The number of carbonyl (C=O) groups excluding carboxylic acids is 1. The van der Waals surface area contributed by atoms with Gasteiger partial charge in [0.1, 0.15) is 10.8 Å². The van der Waals surface area contributed by atoms with Crippen molar-refractivity contribution in [1.82, 2.24) is 10.2 Å². The molecule has 1 N–H and O–H groups in total. The molecule has 116 valence electrons. The van der Waals surface area contributed by atoms with Crippen molar-refractivity contribution >= 4 is 22.4 Å². The molecule has 0 bridgehead atoms. The minimum absolute atomic E-state index is 0.0279. The normalized spacial score (nSPS) is 14.1. The van der Waals surface area contributed by atoms with Crippen LogP contribution < -0.4 is 10.1 Å². The molecule has 1 aromatic heterocycles. The second-order valence-corrected chi connectivity index (χ2v) is 6.79. The van der Waals surface area contributed by atoms with Crippen molar-refractivity contribution in [3.63, 3.8) is 0 Å². The average molecular weight is 317 g/mol. The summed E-state index contributed by atoms with van der Waals surface area (Å²) in [5.74, 6) is 1.48. The first-order chi connectivity index (χ1) is 10.6. The Labute approximate surface area is 133 Å². The highest BCUT2D eigenvalue weighted by molar-refractivity contribution is 7.15. The molecule has 1 aromatic carbocycles. The molecule has 0 saturated heterocycles.